The number of aromatic nitrogens is 1. The predicted octanol–water partition coefficient (Wildman–Crippen LogP) is 3.20. The molecule has 0 spiro atoms. The van der Waals surface area contributed by atoms with E-state index in [0.717, 1.165) is 0 Å². The normalized spacial score (nSPS) is 20.7. The van der Waals surface area contributed by atoms with E-state index < -0.39 is 30.2 Å². The van der Waals surface area contributed by atoms with Gasteiger partial charge < -0.3 is 24.6 Å². The van der Waals surface area contributed by atoms with Crippen molar-refractivity contribution in [2.45, 2.75) is 19.2 Å². The van der Waals surface area contributed by atoms with Gasteiger partial charge in [-0.05, 0) is 24.6 Å². The highest BCUT2D eigenvalue weighted by Gasteiger charge is 2.36. The molecule has 0 radical (unpaired) electrons. The lowest BCUT2D eigenvalue weighted by Gasteiger charge is -2.36. The van der Waals surface area contributed by atoms with Gasteiger partial charge in [0.2, 0.25) is 0 Å². The lowest BCUT2D eigenvalue weighted by atomic mass is 9.95. The fraction of sp³-hybridized carbons (Fsp3) is 0.364. The number of halogens is 2. The first kappa shape index (κ1) is 25.0. The van der Waals surface area contributed by atoms with Crippen LogP contribution in [0.3, 0.4) is 0 Å². The van der Waals surface area contributed by atoms with Crippen molar-refractivity contribution >= 4 is 40.9 Å². The maximum Gasteiger partial charge on any atom is 0.507 e. The standard InChI is InChI=1S/C22H22ClFN4O6S/c1-2-33-21(29)17-15(10-28-6-7-32-11-16(28)34-22(30)31)26-19(20-25-5-8-35-20)27-18(17)12-3-4-13(23)14(24)9-12/h3-5,8-9,16,18H,2,6-7,10-11H2,1H3,(H,26,27)(H,30,31)/t16-,18-/m0/s1. The minimum absolute atomic E-state index is 0.0353. The third-order valence-corrected chi connectivity index (χ3v) is 6.39. The molecule has 35 heavy (non-hydrogen) atoms. The van der Waals surface area contributed by atoms with Crippen molar-refractivity contribution in [1.29, 1.82) is 0 Å². The number of ether oxygens (including phenoxy) is 3. The molecule has 10 nitrogen and oxygen atoms in total. The Hall–Kier alpha value is -3.06. The summed E-state index contributed by atoms with van der Waals surface area (Å²) in [4.78, 5) is 35.0. The molecule has 1 saturated heterocycles. The van der Waals surface area contributed by atoms with E-state index in [2.05, 4.69) is 15.3 Å². The Labute approximate surface area is 209 Å². The summed E-state index contributed by atoms with van der Waals surface area (Å²) in [5, 5.41) is 14.6. The topological polar surface area (TPSA) is 123 Å². The third-order valence-electron chi connectivity index (χ3n) is 5.30. The van der Waals surface area contributed by atoms with E-state index in [9.17, 15) is 14.0 Å². The molecular weight excluding hydrogens is 503 g/mol. The molecule has 0 bridgehead atoms. The van der Waals surface area contributed by atoms with Gasteiger partial charge in [0.15, 0.2) is 17.1 Å². The van der Waals surface area contributed by atoms with Crippen LogP contribution in [0, 0.1) is 5.82 Å². The molecule has 2 atom stereocenters. The summed E-state index contributed by atoms with van der Waals surface area (Å²) in [7, 11) is 0. The average Bonchev–Trinajstić information content (AvgIpc) is 3.36. The first-order valence-corrected chi connectivity index (χ1v) is 11.9. The van der Waals surface area contributed by atoms with Crippen molar-refractivity contribution in [3.63, 3.8) is 0 Å². The predicted molar refractivity (Wildman–Crippen MR) is 125 cm³/mol. The quantitative estimate of drug-likeness (QED) is 0.525. The summed E-state index contributed by atoms with van der Waals surface area (Å²) in [6, 6.07) is 3.29. The zero-order chi connectivity index (χ0) is 24.9. The molecule has 0 unspecified atom stereocenters. The summed E-state index contributed by atoms with van der Waals surface area (Å²) in [6.07, 6.45) is -0.710. The van der Waals surface area contributed by atoms with Gasteiger partial charge in [0.25, 0.3) is 0 Å². The van der Waals surface area contributed by atoms with E-state index in [1.165, 1.54) is 23.5 Å². The molecular formula is C22H22ClFN4O6S. The van der Waals surface area contributed by atoms with Crippen LogP contribution in [0.4, 0.5) is 9.18 Å². The van der Waals surface area contributed by atoms with Gasteiger partial charge in [0, 0.05) is 30.4 Å². The summed E-state index contributed by atoms with van der Waals surface area (Å²) in [5.41, 5.74) is 0.961. The van der Waals surface area contributed by atoms with Crippen LogP contribution in [0.2, 0.25) is 5.02 Å². The number of esters is 1. The number of nitrogens with zero attached hydrogens (tertiary/aromatic N) is 3. The zero-order valence-corrected chi connectivity index (χ0v) is 20.1. The molecule has 2 N–H and O–H groups in total. The number of nitrogens with one attached hydrogen (secondary N) is 1. The Balaban J connectivity index is 1.80. The SMILES string of the molecule is CCOC(=O)C1=C(CN2CCOC[C@@H]2OC(=O)O)NC(c2nccs2)=N[C@H]1c1ccc(Cl)c(F)c1. The molecule has 13 heteroatoms. The van der Waals surface area contributed by atoms with E-state index in [1.807, 2.05) is 0 Å². The molecule has 1 aromatic heterocycles. The van der Waals surface area contributed by atoms with Gasteiger partial charge in [-0.15, -0.1) is 11.3 Å². The zero-order valence-electron chi connectivity index (χ0n) is 18.6. The van der Waals surface area contributed by atoms with Crippen molar-refractivity contribution in [1.82, 2.24) is 15.2 Å². The lowest BCUT2D eigenvalue weighted by Crippen LogP contribution is -2.50. The van der Waals surface area contributed by atoms with E-state index >= 15 is 0 Å². The molecule has 0 aliphatic carbocycles. The van der Waals surface area contributed by atoms with Crippen LogP contribution in [-0.2, 0) is 19.0 Å². The van der Waals surface area contributed by atoms with Crippen LogP contribution in [-0.4, -0.2) is 72.1 Å². The fourth-order valence-corrected chi connectivity index (χ4v) is 4.47. The van der Waals surface area contributed by atoms with Crippen molar-refractivity contribution in [2.24, 2.45) is 4.99 Å². The highest BCUT2D eigenvalue weighted by atomic mass is 35.5. The fourth-order valence-electron chi connectivity index (χ4n) is 3.77. The van der Waals surface area contributed by atoms with Crippen LogP contribution in [0.5, 0.6) is 0 Å². The molecule has 1 aromatic carbocycles. The molecule has 3 heterocycles. The van der Waals surface area contributed by atoms with Gasteiger partial charge in [-0.1, -0.05) is 17.7 Å². The van der Waals surface area contributed by atoms with Crippen molar-refractivity contribution in [3.8, 4) is 0 Å². The number of aliphatic imine (C=N–C) groups is 1. The largest absolute Gasteiger partial charge is 0.507 e. The molecule has 0 amide bonds. The average molecular weight is 525 g/mol. The monoisotopic (exact) mass is 524 g/mol. The Bertz CT molecular complexity index is 1160. The number of rotatable bonds is 7. The number of carbonyl (C=O) groups is 2. The van der Waals surface area contributed by atoms with Gasteiger partial charge in [-0.3, -0.25) is 9.89 Å². The molecule has 2 aliphatic heterocycles. The Morgan fingerprint density at radius 1 is 1.43 bits per heavy atom. The number of thiazole rings is 1. The van der Waals surface area contributed by atoms with Crippen molar-refractivity contribution in [2.75, 3.05) is 32.9 Å². The molecule has 0 saturated carbocycles. The van der Waals surface area contributed by atoms with Crippen LogP contribution in [0.25, 0.3) is 0 Å². The molecule has 1 fully saturated rings. The number of benzene rings is 1. The highest BCUT2D eigenvalue weighted by Crippen LogP contribution is 2.34. The van der Waals surface area contributed by atoms with Crippen LogP contribution in [0.1, 0.15) is 23.5 Å². The molecule has 4 rings (SSSR count). The first-order valence-electron chi connectivity index (χ1n) is 10.7. The summed E-state index contributed by atoms with van der Waals surface area (Å²) < 4.78 is 30.0. The van der Waals surface area contributed by atoms with E-state index in [4.69, 9.17) is 30.9 Å². The van der Waals surface area contributed by atoms with Crippen LogP contribution in [0.15, 0.2) is 46.0 Å². The second-order valence-corrected chi connectivity index (χ2v) is 8.81. The Kier molecular flexibility index (Phi) is 7.96. The smallest absolute Gasteiger partial charge is 0.463 e. The van der Waals surface area contributed by atoms with Gasteiger partial charge in [0.05, 0.1) is 30.4 Å². The number of amidine groups is 1. The number of morpholine rings is 1. The second kappa shape index (κ2) is 11.1. The molecule has 186 valence electrons. The summed E-state index contributed by atoms with van der Waals surface area (Å²) in [6.45, 7) is 2.61. The highest BCUT2D eigenvalue weighted by molar-refractivity contribution is 7.11. The van der Waals surface area contributed by atoms with Crippen LogP contribution >= 0.6 is 22.9 Å². The van der Waals surface area contributed by atoms with Gasteiger partial charge in [0.1, 0.15) is 11.9 Å². The minimum atomic E-state index is -1.44. The Morgan fingerprint density at radius 2 is 2.26 bits per heavy atom. The second-order valence-electron chi connectivity index (χ2n) is 7.51. The number of hydrogen-bond donors (Lipinski definition) is 2. The molecule has 2 aliphatic rings. The van der Waals surface area contributed by atoms with Gasteiger partial charge >= 0.3 is 12.1 Å². The number of hydrogen-bond acceptors (Lipinski definition) is 10. The maximum absolute atomic E-state index is 14.4. The van der Waals surface area contributed by atoms with Gasteiger partial charge in [-0.25, -0.2) is 19.0 Å². The third kappa shape index (κ3) is 5.78. The van der Waals surface area contributed by atoms with Gasteiger partial charge in [-0.2, -0.15) is 0 Å². The van der Waals surface area contributed by atoms with Crippen molar-refractivity contribution in [3.05, 3.63) is 62.5 Å². The molecule has 2 aromatic rings. The maximum atomic E-state index is 14.4. The summed E-state index contributed by atoms with van der Waals surface area (Å²) in [5.74, 6) is -0.907. The van der Waals surface area contributed by atoms with E-state index in [-0.39, 0.29) is 30.4 Å². The van der Waals surface area contributed by atoms with Crippen molar-refractivity contribution < 1.29 is 33.3 Å². The van der Waals surface area contributed by atoms with Crippen LogP contribution < -0.4 is 5.32 Å². The summed E-state index contributed by atoms with van der Waals surface area (Å²) >= 11 is 7.21. The number of carbonyl (C=O) groups excluding carboxylic acids is 1. The lowest BCUT2D eigenvalue weighted by molar-refractivity contribution is -0.139. The van der Waals surface area contributed by atoms with E-state index in [0.29, 0.717) is 35.3 Å². The van der Waals surface area contributed by atoms with E-state index in [1.54, 1.807) is 29.5 Å². The Morgan fingerprint density at radius 3 is 2.94 bits per heavy atom. The minimum Gasteiger partial charge on any atom is -0.463 e. The first-order chi connectivity index (χ1) is 16.9. The number of carboxylic acid groups (broad SMARTS) is 1.